The Morgan fingerprint density at radius 2 is 1.82 bits per heavy atom. The standard InChI is InChI=1S/C27H36FN3O2/c1-20-17-31(21(2)16-30(20)18-22-6-4-8-24(28)14-22)26(23-7-5-9-25(33)15-23)27(3)10-12-29(19-32)13-11-27/h4-9,14-15,19-21,26,33H,10-13,16-18H2,1-3H3/t20-,21+,26+/m1/s1. The molecule has 0 aromatic heterocycles. The summed E-state index contributed by atoms with van der Waals surface area (Å²) in [6, 6.07) is 15.3. The van der Waals surface area contributed by atoms with Crippen molar-refractivity contribution < 1.29 is 14.3 Å². The fourth-order valence-corrected chi connectivity index (χ4v) is 5.78. The van der Waals surface area contributed by atoms with Gasteiger partial charge >= 0.3 is 0 Å². The van der Waals surface area contributed by atoms with Crippen LogP contribution in [0.3, 0.4) is 0 Å². The van der Waals surface area contributed by atoms with E-state index in [0.29, 0.717) is 12.1 Å². The van der Waals surface area contributed by atoms with E-state index in [-0.39, 0.29) is 23.0 Å². The molecule has 2 saturated heterocycles. The maximum absolute atomic E-state index is 13.7. The van der Waals surface area contributed by atoms with E-state index in [2.05, 4.69) is 36.6 Å². The third-order valence-electron chi connectivity index (χ3n) is 7.71. The normalized spacial score (nSPS) is 25.0. The Bertz CT molecular complexity index is 960. The van der Waals surface area contributed by atoms with Gasteiger partial charge in [0.15, 0.2) is 0 Å². The van der Waals surface area contributed by atoms with E-state index in [1.807, 2.05) is 23.1 Å². The smallest absolute Gasteiger partial charge is 0.209 e. The van der Waals surface area contributed by atoms with Gasteiger partial charge in [-0.1, -0.05) is 31.2 Å². The zero-order valence-corrected chi connectivity index (χ0v) is 20.0. The summed E-state index contributed by atoms with van der Waals surface area (Å²) in [7, 11) is 0. The molecule has 2 heterocycles. The molecule has 3 atom stereocenters. The third-order valence-corrected chi connectivity index (χ3v) is 7.71. The number of likely N-dealkylation sites (tertiary alicyclic amines) is 1. The quantitative estimate of drug-likeness (QED) is 0.658. The highest BCUT2D eigenvalue weighted by Gasteiger charge is 2.45. The Hall–Kier alpha value is -2.44. The highest BCUT2D eigenvalue weighted by Crippen LogP contribution is 2.48. The van der Waals surface area contributed by atoms with Crippen molar-refractivity contribution in [1.29, 1.82) is 0 Å². The van der Waals surface area contributed by atoms with Gasteiger partial charge in [-0.2, -0.15) is 0 Å². The topological polar surface area (TPSA) is 47.0 Å². The minimum atomic E-state index is -0.189. The van der Waals surface area contributed by atoms with E-state index in [0.717, 1.165) is 63.1 Å². The number of benzene rings is 2. The molecule has 1 amide bonds. The van der Waals surface area contributed by atoms with Crippen LogP contribution in [-0.2, 0) is 11.3 Å². The monoisotopic (exact) mass is 453 g/mol. The number of halogens is 1. The molecule has 2 fully saturated rings. The summed E-state index contributed by atoms with van der Waals surface area (Å²) in [5, 5.41) is 10.3. The molecule has 0 radical (unpaired) electrons. The van der Waals surface area contributed by atoms with Crippen LogP contribution in [0.2, 0.25) is 0 Å². The van der Waals surface area contributed by atoms with Crippen LogP contribution in [0, 0.1) is 11.2 Å². The number of carbonyl (C=O) groups is 1. The van der Waals surface area contributed by atoms with Crippen molar-refractivity contribution in [2.45, 2.75) is 58.3 Å². The van der Waals surface area contributed by atoms with E-state index >= 15 is 0 Å². The van der Waals surface area contributed by atoms with Gasteiger partial charge in [0.2, 0.25) is 6.41 Å². The zero-order valence-electron chi connectivity index (χ0n) is 20.0. The molecule has 2 aromatic rings. The number of nitrogens with zero attached hydrogens (tertiary/aromatic N) is 3. The molecule has 0 unspecified atom stereocenters. The summed E-state index contributed by atoms with van der Waals surface area (Å²) in [6.45, 7) is 10.9. The first-order valence-corrected chi connectivity index (χ1v) is 12.0. The Balaban J connectivity index is 1.59. The van der Waals surface area contributed by atoms with Gasteiger partial charge in [0, 0.05) is 50.8 Å². The molecular weight excluding hydrogens is 417 g/mol. The summed E-state index contributed by atoms with van der Waals surface area (Å²) >= 11 is 0. The second-order valence-electron chi connectivity index (χ2n) is 10.2. The van der Waals surface area contributed by atoms with E-state index in [1.54, 1.807) is 18.2 Å². The maximum atomic E-state index is 13.7. The largest absolute Gasteiger partial charge is 0.508 e. The third kappa shape index (κ3) is 5.22. The van der Waals surface area contributed by atoms with Crippen LogP contribution in [0.15, 0.2) is 48.5 Å². The first-order valence-electron chi connectivity index (χ1n) is 12.0. The first-order chi connectivity index (χ1) is 15.8. The molecule has 0 bridgehead atoms. The Labute approximate surface area is 196 Å². The van der Waals surface area contributed by atoms with Crippen LogP contribution in [0.25, 0.3) is 0 Å². The van der Waals surface area contributed by atoms with E-state index in [4.69, 9.17) is 0 Å². The van der Waals surface area contributed by atoms with Crippen LogP contribution < -0.4 is 0 Å². The molecule has 1 N–H and O–H groups in total. The van der Waals surface area contributed by atoms with Crippen LogP contribution in [0.4, 0.5) is 4.39 Å². The van der Waals surface area contributed by atoms with Crippen LogP contribution >= 0.6 is 0 Å². The van der Waals surface area contributed by atoms with Gasteiger partial charge in [0.25, 0.3) is 0 Å². The SMILES string of the molecule is C[C@@H]1CN([C@@H](c2cccc(O)c2)C2(C)CCN(C=O)CC2)[C@@H](C)CN1Cc1cccc(F)c1. The number of aromatic hydroxyl groups is 1. The van der Waals surface area contributed by atoms with Gasteiger partial charge in [0.05, 0.1) is 0 Å². The van der Waals surface area contributed by atoms with Crippen molar-refractivity contribution in [2.24, 2.45) is 5.41 Å². The predicted molar refractivity (Wildman–Crippen MR) is 128 cm³/mol. The van der Waals surface area contributed by atoms with Crippen molar-refractivity contribution in [3.63, 3.8) is 0 Å². The molecule has 0 aliphatic carbocycles. The Morgan fingerprint density at radius 3 is 2.48 bits per heavy atom. The van der Waals surface area contributed by atoms with E-state index in [1.165, 1.54) is 6.07 Å². The van der Waals surface area contributed by atoms with Crippen molar-refractivity contribution in [1.82, 2.24) is 14.7 Å². The summed E-state index contributed by atoms with van der Waals surface area (Å²) < 4.78 is 13.7. The lowest BCUT2D eigenvalue weighted by Crippen LogP contribution is -2.59. The summed E-state index contributed by atoms with van der Waals surface area (Å²) in [5.41, 5.74) is 2.13. The first kappa shape index (κ1) is 23.7. The second-order valence-corrected chi connectivity index (χ2v) is 10.2. The second kappa shape index (κ2) is 9.82. The summed E-state index contributed by atoms with van der Waals surface area (Å²) in [4.78, 5) is 18.2. The summed E-state index contributed by atoms with van der Waals surface area (Å²) in [5.74, 6) is 0.0993. The molecule has 6 heteroatoms. The fraction of sp³-hybridized carbons (Fsp3) is 0.519. The zero-order chi connectivity index (χ0) is 23.6. The van der Waals surface area contributed by atoms with Gasteiger partial charge in [-0.15, -0.1) is 0 Å². The minimum Gasteiger partial charge on any atom is -0.508 e. The Morgan fingerprint density at radius 1 is 1.09 bits per heavy atom. The Kier molecular flexibility index (Phi) is 7.05. The highest BCUT2D eigenvalue weighted by molar-refractivity contribution is 5.47. The van der Waals surface area contributed by atoms with Gasteiger partial charge in [-0.25, -0.2) is 4.39 Å². The number of hydrogen-bond acceptors (Lipinski definition) is 4. The predicted octanol–water partition coefficient (Wildman–Crippen LogP) is 4.43. The molecule has 2 aliphatic heterocycles. The van der Waals surface area contributed by atoms with Gasteiger partial charge < -0.3 is 10.0 Å². The molecule has 2 aliphatic rings. The van der Waals surface area contributed by atoms with Crippen molar-refractivity contribution >= 4 is 6.41 Å². The van der Waals surface area contributed by atoms with Crippen molar-refractivity contribution in [3.8, 4) is 5.75 Å². The van der Waals surface area contributed by atoms with Gasteiger partial charge in [-0.05, 0) is 67.5 Å². The number of amides is 1. The molecular formula is C27H36FN3O2. The number of phenolic OH excluding ortho intramolecular Hbond substituents is 1. The summed E-state index contributed by atoms with van der Waals surface area (Å²) in [6.07, 6.45) is 2.81. The van der Waals surface area contributed by atoms with Gasteiger partial charge in [-0.3, -0.25) is 14.6 Å². The van der Waals surface area contributed by atoms with E-state index in [9.17, 15) is 14.3 Å². The van der Waals surface area contributed by atoms with Crippen molar-refractivity contribution in [2.75, 3.05) is 26.2 Å². The lowest BCUT2D eigenvalue weighted by Gasteiger charge is -2.54. The van der Waals surface area contributed by atoms with Crippen molar-refractivity contribution in [3.05, 3.63) is 65.5 Å². The lowest BCUT2D eigenvalue weighted by atomic mass is 9.70. The number of phenols is 1. The average molecular weight is 454 g/mol. The minimum absolute atomic E-state index is 0.00792. The number of carbonyl (C=O) groups excluding carboxylic acids is 1. The van der Waals surface area contributed by atoms with Crippen LogP contribution in [0.1, 0.15) is 50.8 Å². The average Bonchev–Trinajstić information content (AvgIpc) is 2.78. The van der Waals surface area contributed by atoms with Crippen LogP contribution in [0.5, 0.6) is 5.75 Å². The van der Waals surface area contributed by atoms with Crippen LogP contribution in [-0.4, -0.2) is 64.5 Å². The number of piperazine rings is 1. The van der Waals surface area contributed by atoms with E-state index < -0.39 is 0 Å². The molecule has 2 aromatic carbocycles. The number of rotatable bonds is 6. The molecule has 0 spiro atoms. The molecule has 4 rings (SSSR count). The molecule has 33 heavy (non-hydrogen) atoms. The highest BCUT2D eigenvalue weighted by atomic mass is 19.1. The van der Waals surface area contributed by atoms with Gasteiger partial charge in [0.1, 0.15) is 11.6 Å². The number of piperidine rings is 1. The molecule has 178 valence electrons. The fourth-order valence-electron chi connectivity index (χ4n) is 5.78. The maximum Gasteiger partial charge on any atom is 0.209 e. The molecule has 0 saturated carbocycles. The lowest BCUT2D eigenvalue weighted by molar-refractivity contribution is -0.121. The molecule has 5 nitrogen and oxygen atoms in total. The number of hydrogen-bond donors (Lipinski definition) is 1.